The third-order valence-electron chi connectivity index (χ3n) is 1.97. The van der Waals surface area contributed by atoms with Crippen molar-refractivity contribution in [1.82, 2.24) is 19.5 Å². The molecule has 2 aromatic rings. The molecule has 0 saturated carbocycles. The third-order valence-corrected chi connectivity index (χ3v) is 2.25. The van der Waals surface area contributed by atoms with Gasteiger partial charge in [0, 0.05) is 0 Å². The van der Waals surface area contributed by atoms with E-state index >= 15 is 0 Å². The largest absolute Gasteiger partial charge is 0.394 e. The van der Waals surface area contributed by atoms with Crippen molar-refractivity contribution in [3.05, 3.63) is 17.8 Å². The number of fused-ring (bicyclic) bond motifs is 1. The minimum Gasteiger partial charge on any atom is -0.394 e. The predicted octanol–water partition coefficient (Wildman–Crippen LogP) is -0.167. The van der Waals surface area contributed by atoms with Gasteiger partial charge in [0.25, 0.3) is 0 Å². The average molecular weight is 229 g/mol. The standard InChI is InChI=1S/C8H9ClN4O2/c9-7-6-8(11-3-10-7)13(4-12-6)1-5(15)2-14/h3-5,14-15H,1-2H2. The summed E-state index contributed by atoms with van der Waals surface area (Å²) in [6, 6.07) is 0. The quantitative estimate of drug-likeness (QED) is 0.713. The fourth-order valence-electron chi connectivity index (χ4n) is 1.27. The van der Waals surface area contributed by atoms with Gasteiger partial charge in [-0.05, 0) is 0 Å². The van der Waals surface area contributed by atoms with Crippen molar-refractivity contribution in [2.75, 3.05) is 6.61 Å². The predicted molar refractivity (Wildman–Crippen MR) is 53.4 cm³/mol. The van der Waals surface area contributed by atoms with Crippen LogP contribution in [-0.4, -0.2) is 42.4 Å². The van der Waals surface area contributed by atoms with Crippen LogP contribution in [0.3, 0.4) is 0 Å². The van der Waals surface area contributed by atoms with Gasteiger partial charge in [0.1, 0.15) is 11.8 Å². The van der Waals surface area contributed by atoms with Gasteiger partial charge in [-0.1, -0.05) is 11.6 Å². The van der Waals surface area contributed by atoms with E-state index in [-0.39, 0.29) is 18.3 Å². The number of hydrogen-bond acceptors (Lipinski definition) is 5. The Morgan fingerprint density at radius 2 is 2.20 bits per heavy atom. The first-order valence-electron chi connectivity index (χ1n) is 4.32. The van der Waals surface area contributed by atoms with Crippen molar-refractivity contribution in [1.29, 1.82) is 0 Å². The molecule has 2 heterocycles. The first-order chi connectivity index (χ1) is 7.22. The van der Waals surface area contributed by atoms with E-state index in [2.05, 4.69) is 15.0 Å². The lowest BCUT2D eigenvalue weighted by molar-refractivity contribution is 0.0820. The molecular formula is C8H9ClN4O2. The Bertz CT molecular complexity index is 473. The summed E-state index contributed by atoms with van der Waals surface area (Å²) in [5.41, 5.74) is 1.03. The van der Waals surface area contributed by atoms with Crippen LogP contribution in [0.25, 0.3) is 11.2 Å². The molecule has 0 aliphatic rings. The van der Waals surface area contributed by atoms with Crippen molar-refractivity contribution in [3.8, 4) is 0 Å². The van der Waals surface area contributed by atoms with E-state index in [9.17, 15) is 5.11 Å². The van der Waals surface area contributed by atoms with Crippen LogP contribution >= 0.6 is 11.6 Å². The molecule has 0 spiro atoms. The Balaban J connectivity index is 2.41. The second-order valence-corrected chi connectivity index (χ2v) is 3.43. The minimum atomic E-state index is -0.837. The fraction of sp³-hybridized carbons (Fsp3) is 0.375. The first kappa shape index (κ1) is 10.3. The van der Waals surface area contributed by atoms with Crippen LogP contribution < -0.4 is 0 Å². The van der Waals surface area contributed by atoms with Gasteiger partial charge in [-0.2, -0.15) is 0 Å². The van der Waals surface area contributed by atoms with Crippen LogP contribution in [0, 0.1) is 0 Å². The molecule has 0 amide bonds. The van der Waals surface area contributed by atoms with Gasteiger partial charge < -0.3 is 14.8 Å². The van der Waals surface area contributed by atoms with Gasteiger partial charge >= 0.3 is 0 Å². The zero-order chi connectivity index (χ0) is 10.8. The Morgan fingerprint density at radius 3 is 2.93 bits per heavy atom. The van der Waals surface area contributed by atoms with Crippen molar-refractivity contribution in [3.63, 3.8) is 0 Å². The minimum absolute atomic E-state index is 0.223. The van der Waals surface area contributed by atoms with E-state index in [0.29, 0.717) is 11.2 Å². The molecule has 0 radical (unpaired) electrons. The van der Waals surface area contributed by atoms with Crippen LogP contribution in [0.5, 0.6) is 0 Å². The lowest BCUT2D eigenvalue weighted by atomic mass is 10.4. The van der Waals surface area contributed by atoms with Crippen molar-refractivity contribution in [2.24, 2.45) is 0 Å². The van der Waals surface area contributed by atoms with Crippen molar-refractivity contribution in [2.45, 2.75) is 12.6 Å². The van der Waals surface area contributed by atoms with Crippen molar-refractivity contribution < 1.29 is 10.2 Å². The second kappa shape index (κ2) is 4.09. The third kappa shape index (κ3) is 1.92. The molecular weight excluding hydrogens is 220 g/mol. The molecule has 1 unspecified atom stereocenters. The smallest absolute Gasteiger partial charge is 0.164 e. The van der Waals surface area contributed by atoms with Crippen LogP contribution in [0.15, 0.2) is 12.7 Å². The molecule has 0 saturated heterocycles. The number of aliphatic hydroxyl groups excluding tert-OH is 2. The van der Waals surface area contributed by atoms with Gasteiger partial charge in [0.2, 0.25) is 0 Å². The van der Waals surface area contributed by atoms with Crippen molar-refractivity contribution >= 4 is 22.8 Å². The molecule has 0 fully saturated rings. The van der Waals surface area contributed by atoms with Gasteiger partial charge in [-0.3, -0.25) is 0 Å². The number of aromatic nitrogens is 4. The molecule has 0 bridgehead atoms. The van der Waals surface area contributed by atoms with E-state index in [0.717, 1.165) is 0 Å². The number of nitrogens with zero attached hydrogens (tertiary/aromatic N) is 4. The summed E-state index contributed by atoms with van der Waals surface area (Å²) in [4.78, 5) is 11.8. The molecule has 2 rings (SSSR count). The maximum absolute atomic E-state index is 9.28. The molecule has 0 aromatic carbocycles. The highest BCUT2D eigenvalue weighted by atomic mass is 35.5. The fourth-order valence-corrected chi connectivity index (χ4v) is 1.45. The van der Waals surface area contributed by atoms with Crippen LogP contribution in [0.1, 0.15) is 0 Å². The molecule has 80 valence electrons. The summed E-state index contributed by atoms with van der Waals surface area (Å²) >= 11 is 5.80. The second-order valence-electron chi connectivity index (χ2n) is 3.07. The Kier molecular flexibility index (Phi) is 2.81. The number of imidazole rings is 1. The zero-order valence-corrected chi connectivity index (χ0v) is 8.46. The summed E-state index contributed by atoms with van der Waals surface area (Å²) in [7, 11) is 0. The van der Waals surface area contributed by atoms with Gasteiger partial charge in [0.15, 0.2) is 10.8 Å². The van der Waals surface area contributed by atoms with E-state index in [1.54, 1.807) is 4.57 Å². The number of hydrogen-bond donors (Lipinski definition) is 2. The molecule has 2 N–H and O–H groups in total. The average Bonchev–Trinajstić information content (AvgIpc) is 2.63. The Labute approximate surface area is 90.2 Å². The topological polar surface area (TPSA) is 84.1 Å². The maximum atomic E-state index is 9.28. The Hall–Kier alpha value is -1.24. The molecule has 2 aromatic heterocycles. The summed E-state index contributed by atoms with van der Waals surface area (Å²) < 4.78 is 1.61. The molecule has 15 heavy (non-hydrogen) atoms. The molecule has 7 heteroatoms. The van der Waals surface area contributed by atoms with Gasteiger partial charge in [-0.15, -0.1) is 0 Å². The highest BCUT2D eigenvalue weighted by Crippen LogP contribution is 2.16. The van der Waals surface area contributed by atoms with E-state index in [4.69, 9.17) is 16.7 Å². The van der Waals surface area contributed by atoms with Crippen LogP contribution in [0.2, 0.25) is 5.15 Å². The SMILES string of the molecule is OCC(O)Cn1cnc2c(Cl)ncnc21. The summed E-state index contributed by atoms with van der Waals surface area (Å²) in [6.07, 6.45) is 1.99. The first-order valence-corrected chi connectivity index (χ1v) is 4.70. The number of rotatable bonds is 3. The summed E-state index contributed by atoms with van der Waals surface area (Å²) in [5, 5.41) is 18.3. The van der Waals surface area contributed by atoms with Gasteiger partial charge in [-0.25, -0.2) is 15.0 Å². The van der Waals surface area contributed by atoms with E-state index < -0.39 is 6.10 Å². The summed E-state index contributed by atoms with van der Waals surface area (Å²) in [5.74, 6) is 0. The van der Waals surface area contributed by atoms with E-state index in [1.165, 1.54) is 12.7 Å². The highest BCUT2D eigenvalue weighted by molar-refractivity contribution is 6.33. The van der Waals surface area contributed by atoms with E-state index in [1.807, 2.05) is 0 Å². The van der Waals surface area contributed by atoms with Crippen LogP contribution in [-0.2, 0) is 6.54 Å². The molecule has 0 aliphatic heterocycles. The highest BCUT2D eigenvalue weighted by Gasteiger charge is 2.10. The number of halogens is 1. The molecule has 6 nitrogen and oxygen atoms in total. The lowest BCUT2D eigenvalue weighted by Gasteiger charge is -2.07. The maximum Gasteiger partial charge on any atom is 0.164 e. The lowest BCUT2D eigenvalue weighted by Crippen LogP contribution is -2.19. The number of aliphatic hydroxyl groups is 2. The molecule has 0 aliphatic carbocycles. The van der Waals surface area contributed by atoms with Crippen LogP contribution in [0.4, 0.5) is 0 Å². The zero-order valence-electron chi connectivity index (χ0n) is 7.71. The normalized spacial score (nSPS) is 13.3. The Morgan fingerprint density at radius 1 is 1.40 bits per heavy atom. The summed E-state index contributed by atoms with van der Waals surface area (Å²) in [6.45, 7) is -0.0845. The monoisotopic (exact) mass is 228 g/mol. The molecule has 1 atom stereocenters. The van der Waals surface area contributed by atoms with Gasteiger partial charge in [0.05, 0.1) is 25.6 Å².